The third kappa shape index (κ3) is 4.78. The second-order valence-corrected chi connectivity index (χ2v) is 12.7. The summed E-state index contributed by atoms with van der Waals surface area (Å²) in [6.07, 6.45) is 6.39. The Labute approximate surface area is 239 Å². The zero-order valence-electron chi connectivity index (χ0n) is 23.5. The largest absolute Gasteiger partial charge is 0.463 e. The van der Waals surface area contributed by atoms with Gasteiger partial charge in [0.15, 0.2) is 11.5 Å². The molecule has 1 saturated carbocycles. The molecule has 9 heteroatoms. The number of benzene rings is 2. The summed E-state index contributed by atoms with van der Waals surface area (Å²) < 4.78 is 20.2. The van der Waals surface area contributed by atoms with E-state index in [1.54, 1.807) is 0 Å². The first-order chi connectivity index (χ1) is 20.0. The molecule has 0 spiro atoms. The lowest BCUT2D eigenvalue weighted by molar-refractivity contribution is 0.165. The molecular formula is C32H36FN7O. The number of anilines is 1. The number of aryl methyl sites for hydroxylation is 1. The maximum Gasteiger partial charge on any atom is 0.320 e. The van der Waals surface area contributed by atoms with Gasteiger partial charge in [0.25, 0.3) is 0 Å². The summed E-state index contributed by atoms with van der Waals surface area (Å²) in [6.45, 7) is 6.71. The van der Waals surface area contributed by atoms with E-state index in [-0.39, 0.29) is 5.41 Å². The van der Waals surface area contributed by atoms with Crippen LogP contribution in [-0.4, -0.2) is 82.4 Å². The molecule has 212 valence electrons. The average molecular weight is 554 g/mol. The predicted octanol–water partition coefficient (Wildman–Crippen LogP) is 4.69. The molecule has 4 aromatic rings. The summed E-state index contributed by atoms with van der Waals surface area (Å²) in [5.41, 5.74) is 2.86. The number of piperazine rings is 1. The van der Waals surface area contributed by atoms with Crippen molar-refractivity contribution in [2.45, 2.75) is 57.3 Å². The first kappa shape index (κ1) is 25.3. The van der Waals surface area contributed by atoms with Crippen LogP contribution in [0.3, 0.4) is 0 Å². The Balaban J connectivity index is 1.16. The van der Waals surface area contributed by atoms with Crippen molar-refractivity contribution in [2.75, 3.05) is 44.2 Å². The van der Waals surface area contributed by atoms with E-state index >= 15 is 0 Å². The van der Waals surface area contributed by atoms with Crippen LogP contribution >= 0.6 is 0 Å². The molecule has 2 bridgehead atoms. The smallest absolute Gasteiger partial charge is 0.320 e. The maximum atomic E-state index is 13.8. The van der Waals surface area contributed by atoms with Crippen LogP contribution in [0.25, 0.3) is 33.2 Å². The first-order valence-electron chi connectivity index (χ1n) is 15.1. The van der Waals surface area contributed by atoms with E-state index in [4.69, 9.17) is 24.7 Å². The molecule has 3 saturated heterocycles. The normalized spacial score (nSPS) is 25.3. The van der Waals surface area contributed by atoms with Crippen LogP contribution in [0, 0.1) is 12.3 Å². The van der Waals surface area contributed by atoms with E-state index in [2.05, 4.69) is 58.4 Å². The zero-order chi connectivity index (χ0) is 27.6. The Morgan fingerprint density at radius 2 is 1.80 bits per heavy atom. The molecule has 2 unspecified atom stereocenters. The number of ether oxygens (including phenoxy) is 1. The molecule has 1 aliphatic carbocycles. The van der Waals surface area contributed by atoms with Gasteiger partial charge < -0.3 is 15.0 Å². The van der Waals surface area contributed by atoms with Gasteiger partial charge in [-0.3, -0.25) is 4.90 Å². The number of aromatic nitrogens is 4. The number of fused-ring (bicyclic) bond motifs is 4. The van der Waals surface area contributed by atoms with Gasteiger partial charge in [0.2, 0.25) is 0 Å². The Morgan fingerprint density at radius 1 is 1.00 bits per heavy atom. The van der Waals surface area contributed by atoms with Crippen LogP contribution in [0.1, 0.15) is 37.7 Å². The van der Waals surface area contributed by atoms with E-state index in [1.165, 1.54) is 23.8 Å². The summed E-state index contributed by atoms with van der Waals surface area (Å²) in [4.78, 5) is 24.3. The lowest BCUT2D eigenvalue weighted by atomic mass is 9.99. The van der Waals surface area contributed by atoms with Crippen molar-refractivity contribution in [3.8, 4) is 17.4 Å². The Kier molecular flexibility index (Phi) is 6.07. The number of nitrogens with one attached hydrogen (secondary N) is 1. The average Bonchev–Trinajstić information content (AvgIpc) is 3.50. The van der Waals surface area contributed by atoms with Crippen molar-refractivity contribution in [1.29, 1.82) is 0 Å². The lowest BCUT2D eigenvalue weighted by Gasteiger charge is -2.34. The number of hydrogen-bond donors (Lipinski definition) is 1. The van der Waals surface area contributed by atoms with E-state index < -0.39 is 6.17 Å². The number of likely N-dealkylation sites (tertiary alicyclic amines) is 1. The molecule has 5 heterocycles. The lowest BCUT2D eigenvalue weighted by Crippen LogP contribution is -2.51. The molecule has 41 heavy (non-hydrogen) atoms. The highest BCUT2D eigenvalue weighted by Gasteiger charge is 2.46. The van der Waals surface area contributed by atoms with Crippen molar-refractivity contribution in [2.24, 2.45) is 5.41 Å². The van der Waals surface area contributed by atoms with Gasteiger partial charge in [-0.25, -0.2) is 14.4 Å². The molecule has 8 nitrogen and oxygen atoms in total. The number of hydrogen-bond acceptors (Lipinski definition) is 8. The van der Waals surface area contributed by atoms with E-state index in [1.807, 2.05) is 6.20 Å². The topological polar surface area (TPSA) is 79.3 Å². The quantitative estimate of drug-likeness (QED) is 0.353. The molecular weight excluding hydrogens is 517 g/mol. The van der Waals surface area contributed by atoms with Crippen molar-refractivity contribution in [1.82, 2.24) is 30.2 Å². The predicted molar refractivity (Wildman–Crippen MR) is 158 cm³/mol. The van der Waals surface area contributed by atoms with Crippen molar-refractivity contribution in [3.63, 3.8) is 0 Å². The Morgan fingerprint density at radius 3 is 2.56 bits per heavy atom. The molecule has 0 amide bonds. The van der Waals surface area contributed by atoms with Crippen LogP contribution in [0.5, 0.6) is 6.01 Å². The van der Waals surface area contributed by atoms with Gasteiger partial charge in [-0.2, -0.15) is 9.97 Å². The van der Waals surface area contributed by atoms with Gasteiger partial charge >= 0.3 is 6.01 Å². The fraction of sp³-hybridized carbons (Fsp3) is 0.500. The van der Waals surface area contributed by atoms with Crippen LogP contribution in [0.2, 0.25) is 0 Å². The van der Waals surface area contributed by atoms with Crippen LogP contribution in [0.4, 0.5) is 10.2 Å². The van der Waals surface area contributed by atoms with E-state index in [0.29, 0.717) is 49.1 Å². The third-order valence-electron chi connectivity index (χ3n) is 9.52. The van der Waals surface area contributed by atoms with Gasteiger partial charge in [0.05, 0.1) is 12.0 Å². The highest BCUT2D eigenvalue weighted by atomic mass is 19.1. The van der Waals surface area contributed by atoms with Crippen LogP contribution < -0.4 is 15.0 Å². The minimum absolute atomic E-state index is 0.0635. The first-order valence-corrected chi connectivity index (χ1v) is 15.1. The van der Waals surface area contributed by atoms with Crippen LogP contribution in [-0.2, 0) is 0 Å². The number of alkyl halides is 1. The number of halogens is 1. The molecule has 3 atom stereocenters. The van der Waals surface area contributed by atoms with Gasteiger partial charge in [-0.15, -0.1) is 0 Å². The van der Waals surface area contributed by atoms with Gasteiger partial charge in [0.1, 0.15) is 12.0 Å². The molecule has 2 aromatic carbocycles. The zero-order valence-corrected chi connectivity index (χ0v) is 23.5. The third-order valence-corrected chi connectivity index (χ3v) is 9.52. The van der Waals surface area contributed by atoms with Crippen molar-refractivity contribution >= 4 is 27.6 Å². The molecule has 4 aliphatic rings. The maximum absolute atomic E-state index is 13.8. The van der Waals surface area contributed by atoms with Gasteiger partial charge in [-0.1, -0.05) is 36.4 Å². The number of rotatable bonds is 7. The Bertz CT molecular complexity index is 1610. The fourth-order valence-electron chi connectivity index (χ4n) is 7.15. The summed E-state index contributed by atoms with van der Waals surface area (Å²) >= 11 is 0. The van der Waals surface area contributed by atoms with Crippen molar-refractivity contribution in [3.05, 3.63) is 48.2 Å². The molecule has 3 aliphatic heterocycles. The monoisotopic (exact) mass is 553 g/mol. The minimum Gasteiger partial charge on any atom is -0.463 e. The highest BCUT2D eigenvalue weighted by Crippen LogP contribution is 2.47. The molecule has 0 radical (unpaired) electrons. The summed E-state index contributed by atoms with van der Waals surface area (Å²) in [6, 6.07) is 13.9. The SMILES string of the molecule is Cc1cccc2cccc(-c3ncc4c(N5CC6CCC(C5)N6)nc(OCC5(CN6CC[C@@H](F)C6)CC5)nc4n3)c12. The molecule has 8 rings (SSSR count). The van der Waals surface area contributed by atoms with Crippen molar-refractivity contribution < 1.29 is 9.13 Å². The summed E-state index contributed by atoms with van der Waals surface area (Å²) in [5, 5.41) is 6.90. The summed E-state index contributed by atoms with van der Waals surface area (Å²) in [5.74, 6) is 1.51. The highest BCUT2D eigenvalue weighted by molar-refractivity contribution is 5.98. The molecule has 4 fully saturated rings. The minimum atomic E-state index is -0.702. The standard InChI is InChI=1S/C32H36FN7O/c1-20-4-2-5-21-6-3-7-25(27(20)21)28-34-14-26-29(36-28)37-31(38-30(26)40-16-23-8-9-24(17-40)35-23)41-19-32(11-12-32)18-39-13-10-22(33)15-39/h2-7,14,22-24,35H,8-13,15-19H2,1H3/t22-,23?,24?/m1/s1. The second kappa shape index (κ2) is 9.84. The summed E-state index contributed by atoms with van der Waals surface area (Å²) in [7, 11) is 0. The van der Waals surface area contributed by atoms with E-state index in [0.717, 1.165) is 61.2 Å². The van der Waals surface area contributed by atoms with E-state index in [9.17, 15) is 4.39 Å². The fourth-order valence-corrected chi connectivity index (χ4v) is 7.15. The second-order valence-electron chi connectivity index (χ2n) is 12.7. The number of nitrogens with zero attached hydrogens (tertiary/aromatic N) is 6. The molecule has 1 N–H and O–H groups in total. The Hall–Kier alpha value is -3.43. The van der Waals surface area contributed by atoms with Gasteiger partial charge in [0, 0.05) is 62.0 Å². The van der Waals surface area contributed by atoms with Gasteiger partial charge in [-0.05, 0) is 55.4 Å². The van der Waals surface area contributed by atoms with Crippen LogP contribution in [0.15, 0.2) is 42.6 Å². The molecule has 2 aromatic heterocycles.